The minimum absolute atomic E-state index is 0.0360. The Balaban J connectivity index is 1.92. The van der Waals surface area contributed by atoms with Crippen molar-refractivity contribution < 1.29 is 28.7 Å². The summed E-state index contributed by atoms with van der Waals surface area (Å²) in [6.07, 6.45) is 2.42. The highest BCUT2D eigenvalue weighted by Crippen LogP contribution is 2.38. The Labute approximate surface area is 192 Å². The van der Waals surface area contributed by atoms with Gasteiger partial charge in [-0.05, 0) is 65.2 Å². The quantitative estimate of drug-likeness (QED) is 0.176. The predicted molar refractivity (Wildman–Crippen MR) is 120 cm³/mol. The van der Waals surface area contributed by atoms with Crippen LogP contribution in [0.3, 0.4) is 0 Å². The smallest absolute Gasteiger partial charge is 0.363 e. The van der Waals surface area contributed by atoms with Crippen molar-refractivity contribution in [3.63, 3.8) is 0 Å². The van der Waals surface area contributed by atoms with Gasteiger partial charge < -0.3 is 14.2 Å². The van der Waals surface area contributed by atoms with Crippen molar-refractivity contribution in [3.05, 3.63) is 67.3 Å². The van der Waals surface area contributed by atoms with Crippen LogP contribution in [-0.4, -0.2) is 29.9 Å². The van der Waals surface area contributed by atoms with Crippen molar-refractivity contribution in [2.24, 2.45) is 4.99 Å². The number of rotatable bonds is 7. The van der Waals surface area contributed by atoms with Crippen molar-refractivity contribution in [3.8, 4) is 11.5 Å². The van der Waals surface area contributed by atoms with Gasteiger partial charge in [-0.25, -0.2) is 9.79 Å². The first kappa shape index (κ1) is 23.1. The lowest BCUT2D eigenvalue weighted by Gasteiger charge is -2.12. The standard InChI is InChI=1S/C22H19BrN2O7/c1-4-5-19(26)31-20-15(23)9-13(11-18(20)30-3)10-16-22(27)32-21(24-16)14-6-7-17(25(28)29)12(2)8-14/h6-11H,4-5H2,1-3H3/b16-10-. The van der Waals surface area contributed by atoms with Crippen molar-refractivity contribution >= 4 is 45.5 Å². The van der Waals surface area contributed by atoms with Crippen molar-refractivity contribution in [2.45, 2.75) is 26.7 Å². The number of hydrogen-bond acceptors (Lipinski definition) is 8. The molecule has 0 atom stereocenters. The average molecular weight is 503 g/mol. The van der Waals surface area contributed by atoms with E-state index in [1.165, 1.54) is 31.4 Å². The molecule has 2 aromatic rings. The number of methoxy groups -OCH3 is 1. The number of aryl methyl sites for hydroxylation is 1. The molecule has 3 rings (SSSR count). The van der Waals surface area contributed by atoms with Gasteiger partial charge in [-0.15, -0.1) is 0 Å². The second-order valence-corrected chi connectivity index (χ2v) is 7.71. The molecule has 0 spiro atoms. The van der Waals surface area contributed by atoms with Gasteiger partial charge in [-0.1, -0.05) is 6.92 Å². The van der Waals surface area contributed by atoms with Crippen LogP contribution in [0.4, 0.5) is 5.69 Å². The molecule has 0 bridgehead atoms. The number of ether oxygens (including phenoxy) is 3. The first-order chi connectivity index (χ1) is 15.2. The maximum absolute atomic E-state index is 12.3. The summed E-state index contributed by atoms with van der Waals surface area (Å²) in [6.45, 7) is 3.46. The number of aliphatic imine (C=N–C) groups is 1. The third kappa shape index (κ3) is 5.02. The molecule has 0 unspecified atom stereocenters. The first-order valence-electron chi connectivity index (χ1n) is 9.59. The highest BCUT2D eigenvalue weighted by molar-refractivity contribution is 9.10. The van der Waals surface area contributed by atoms with Crippen LogP contribution in [-0.2, 0) is 14.3 Å². The highest BCUT2D eigenvalue weighted by atomic mass is 79.9. The van der Waals surface area contributed by atoms with Gasteiger partial charge in [-0.2, -0.15) is 0 Å². The summed E-state index contributed by atoms with van der Waals surface area (Å²) in [5.74, 6) is -0.450. The molecule has 0 aliphatic carbocycles. The molecule has 0 saturated heterocycles. The predicted octanol–water partition coefficient (Wildman–Crippen LogP) is 4.72. The number of carbonyl (C=O) groups is 2. The summed E-state index contributed by atoms with van der Waals surface area (Å²) >= 11 is 3.36. The van der Waals surface area contributed by atoms with Crippen LogP contribution in [0.15, 0.2) is 45.5 Å². The summed E-state index contributed by atoms with van der Waals surface area (Å²) in [4.78, 5) is 38.9. The maximum Gasteiger partial charge on any atom is 0.363 e. The molecule has 1 heterocycles. The fourth-order valence-electron chi connectivity index (χ4n) is 2.97. The number of carbonyl (C=O) groups excluding carboxylic acids is 2. The summed E-state index contributed by atoms with van der Waals surface area (Å²) < 4.78 is 16.4. The Kier molecular flexibility index (Phi) is 7.04. The Morgan fingerprint density at radius 1 is 1.31 bits per heavy atom. The van der Waals surface area contributed by atoms with Crippen LogP contribution in [0.1, 0.15) is 36.5 Å². The van der Waals surface area contributed by atoms with Gasteiger partial charge in [-0.3, -0.25) is 14.9 Å². The van der Waals surface area contributed by atoms with E-state index < -0.39 is 10.9 Å². The number of nitro groups is 1. The topological polar surface area (TPSA) is 117 Å². The van der Waals surface area contributed by atoms with Crippen molar-refractivity contribution in [2.75, 3.05) is 7.11 Å². The lowest BCUT2D eigenvalue weighted by molar-refractivity contribution is -0.385. The molecule has 0 saturated carbocycles. The SMILES string of the molecule is CCCC(=O)Oc1c(Br)cc(/C=C2\N=C(c3ccc([N+](=O)[O-])c(C)c3)OC2=O)cc1OC. The van der Waals surface area contributed by atoms with Crippen LogP contribution < -0.4 is 9.47 Å². The van der Waals surface area contributed by atoms with E-state index in [0.29, 0.717) is 33.3 Å². The fourth-order valence-corrected chi connectivity index (χ4v) is 3.52. The molecule has 0 aromatic heterocycles. The van der Waals surface area contributed by atoms with E-state index >= 15 is 0 Å². The molecule has 9 nitrogen and oxygen atoms in total. The minimum atomic E-state index is -0.662. The third-order valence-electron chi connectivity index (χ3n) is 4.49. The normalized spacial score (nSPS) is 14.2. The molecule has 10 heteroatoms. The first-order valence-corrected chi connectivity index (χ1v) is 10.4. The molecule has 0 amide bonds. The molecule has 32 heavy (non-hydrogen) atoms. The molecule has 0 fully saturated rings. The molecule has 1 aliphatic rings. The Bertz CT molecular complexity index is 1170. The van der Waals surface area contributed by atoms with Gasteiger partial charge in [0.15, 0.2) is 17.2 Å². The third-order valence-corrected chi connectivity index (χ3v) is 5.08. The number of halogens is 1. The van der Waals surface area contributed by atoms with Gasteiger partial charge in [0.25, 0.3) is 5.69 Å². The molecule has 1 aliphatic heterocycles. The summed E-state index contributed by atoms with van der Waals surface area (Å²) in [6, 6.07) is 7.60. The molecular formula is C22H19BrN2O7. The van der Waals surface area contributed by atoms with Gasteiger partial charge in [0, 0.05) is 23.6 Å². The number of nitrogens with zero attached hydrogens (tertiary/aromatic N) is 2. The van der Waals surface area contributed by atoms with E-state index in [4.69, 9.17) is 14.2 Å². The van der Waals surface area contributed by atoms with Gasteiger partial charge >= 0.3 is 11.9 Å². The van der Waals surface area contributed by atoms with E-state index in [2.05, 4.69) is 20.9 Å². The second kappa shape index (κ2) is 9.73. The molecular weight excluding hydrogens is 484 g/mol. The molecule has 0 radical (unpaired) electrons. The Morgan fingerprint density at radius 2 is 2.06 bits per heavy atom. The Morgan fingerprint density at radius 3 is 2.69 bits per heavy atom. The molecule has 0 N–H and O–H groups in total. The number of benzene rings is 2. The van der Waals surface area contributed by atoms with Gasteiger partial charge in [0.1, 0.15) is 0 Å². The summed E-state index contributed by atoms with van der Waals surface area (Å²) in [5.41, 5.74) is 1.43. The number of cyclic esters (lactones) is 1. The van der Waals surface area contributed by atoms with E-state index in [1.807, 2.05) is 6.92 Å². The lowest BCUT2D eigenvalue weighted by atomic mass is 10.1. The minimum Gasteiger partial charge on any atom is -0.493 e. The summed E-state index contributed by atoms with van der Waals surface area (Å²) in [5, 5.41) is 11.0. The zero-order chi connectivity index (χ0) is 23.4. The highest BCUT2D eigenvalue weighted by Gasteiger charge is 2.26. The van der Waals surface area contributed by atoms with Crippen LogP contribution in [0.5, 0.6) is 11.5 Å². The van der Waals surface area contributed by atoms with E-state index in [0.717, 1.165) is 0 Å². The van der Waals surface area contributed by atoms with Crippen LogP contribution >= 0.6 is 15.9 Å². The van der Waals surface area contributed by atoms with E-state index in [9.17, 15) is 19.7 Å². The number of nitro benzene ring substituents is 1. The second-order valence-electron chi connectivity index (χ2n) is 6.85. The zero-order valence-corrected chi connectivity index (χ0v) is 19.1. The number of hydrogen-bond donors (Lipinski definition) is 0. The van der Waals surface area contributed by atoms with Gasteiger partial charge in [0.2, 0.25) is 5.90 Å². The van der Waals surface area contributed by atoms with Crippen molar-refractivity contribution in [1.29, 1.82) is 0 Å². The van der Waals surface area contributed by atoms with E-state index in [-0.39, 0.29) is 35.4 Å². The zero-order valence-electron chi connectivity index (χ0n) is 17.5. The fraction of sp³-hybridized carbons (Fsp3) is 0.227. The van der Waals surface area contributed by atoms with Crippen molar-refractivity contribution in [1.82, 2.24) is 0 Å². The maximum atomic E-state index is 12.3. The molecule has 2 aromatic carbocycles. The van der Waals surface area contributed by atoms with Crippen LogP contribution in [0.25, 0.3) is 6.08 Å². The molecule has 166 valence electrons. The largest absolute Gasteiger partial charge is 0.493 e. The van der Waals surface area contributed by atoms with Crippen LogP contribution in [0, 0.1) is 17.0 Å². The average Bonchev–Trinajstić information content (AvgIpc) is 3.09. The van der Waals surface area contributed by atoms with Crippen LogP contribution in [0.2, 0.25) is 0 Å². The Hall–Kier alpha value is -3.53. The number of esters is 2. The van der Waals surface area contributed by atoms with Gasteiger partial charge in [0.05, 0.1) is 16.5 Å². The summed E-state index contributed by atoms with van der Waals surface area (Å²) in [7, 11) is 1.44. The monoisotopic (exact) mass is 502 g/mol. The lowest BCUT2D eigenvalue weighted by Crippen LogP contribution is -2.08. The van der Waals surface area contributed by atoms with E-state index in [1.54, 1.807) is 19.1 Å².